The summed E-state index contributed by atoms with van der Waals surface area (Å²) >= 11 is 0. The number of rotatable bonds is 7. The highest BCUT2D eigenvalue weighted by Gasteiger charge is 2.25. The molecule has 1 saturated heterocycles. The number of carbonyl (C=O) groups excluding carboxylic acids is 1. The number of hydrogen-bond donors (Lipinski definition) is 2. The number of likely N-dealkylation sites (tertiary alicyclic amines) is 1. The fourth-order valence-corrected chi connectivity index (χ4v) is 5.13. The normalized spacial score (nSPS) is 16.5. The van der Waals surface area contributed by atoms with Crippen molar-refractivity contribution in [2.24, 2.45) is 0 Å². The first-order valence-corrected chi connectivity index (χ1v) is 12.6. The first-order chi connectivity index (χ1) is 15.8. The van der Waals surface area contributed by atoms with Crippen molar-refractivity contribution in [1.82, 2.24) is 10.2 Å². The van der Waals surface area contributed by atoms with Crippen LogP contribution in [0.1, 0.15) is 33.5 Å². The van der Waals surface area contributed by atoms with Gasteiger partial charge in [-0.25, -0.2) is 8.42 Å². The second-order valence-electron chi connectivity index (χ2n) is 8.63. The van der Waals surface area contributed by atoms with Gasteiger partial charge < -0.3 is 5.32 Å². The summed E-state index contributed by atoms with van der Waals surface area (Å²) in [6.45, 7) is 6.29. The summed E-state index contributed by atoms with van der Waals surface area (Å²) in [5.74, 6) is -0.244. The van der Waals surface area contributed by atoms with Crippen molar-refractivity contribution < 1.29 is 13.2 Å². The summed E-state index contributed by atoms with van der Waals surface area (Å²) in [5, 5.41) is 3.09. The molecule has 1 aliphatic rings. The van der Waals surface area contributed by atoms with Crippen LogP contribution in [0.3, 0.4) is 0 Å². The van der Waals surface area contributed by atoms with Crippen molar-refractivity contribution in [3.05, 3.63) is 95.1 Å². The van der Waals surface area contributed by atoms with Gasteiger partial charge in [0, 0.05) is 36.9 Å². The van der Waals surface area contributed by atoms with Crippen LogP contribution in [-0.4, -0.2) is 38.4 Å². The van der Waals surface area contributed by atoms with Crippen LogP contribution < -0.4 is 10.0 Å². The molecule has 33 heavy (non-hydrogen) atoms. The highest BCUT2D eigenvalue weighted by atomic mass is 32.2. The summed E-state index contributed by atoms with van der Waals surface area (Å²) < 4.78 is 28.4. The molecule has 172 valence electrons. The van der Waals surface area contributed by atoms with Gasteiger partial charge >= 0.3 is 0 Å². The molecule has 6 nitrogen and oxygen atoms in total. The summed E-state index contributed by atoms with van der Waals surface area (Å²) in [7, 11) is -3.81. The van der Waals surface area contributed by atoms with E-state index in [-0.39, 0.29) is 16.8 Å². The Hall–Kier alpha value is -3.16. The van der Waals surface area contributed by atoms with Crippen LogP contribution in [0.2, 0.25) is 0 Å². The van der Waals surface area contributed by atoms with Gasteiger partial charge in [-0.15, -0.1) is 0 Å². The highest BCUT2D eigenvalue weighted by Crippen LogP contribution is 2.21. The van der Waals surface area contributed by atoms with Gasteiger partial charge in [0.15, 0.2) is 0 Å². The van der Waals surface area contributed by atoms with Gasteiger partial charge in [0.2, 0.25) is 0 Å². The van der Waals surface area contributed by atoms with Gasteiger partial charge in [0.1, 0.15) is 0 Å². The first kappa shape index (κ1) is 23.0. The summed E-state index contributed by atoms with van der Waals surface area (Å²) in [5.41, 5.74) is 3.89. The molecule has 1 aliphatic heterocycles. The van der Waals surface area contributed by atoms with Crippen LogP contribution in [-0.2, 0) is 16.6 Å². The molecule has 2 N–H and O–H groups in total. The highest BCUT2D eigenvalue weighted by molar-refractivity contribution is 7.92. The second-order valence-corrected chi connectivity index (χ2v) is 10.3. The lowest BCUT2D eigenvalue weighted by Crippen LogP contribution is -2.37. The molecule has 0 radical (unpaired) electrons. The van der Waals surface area contributed by atoms with Gasteiger partial charge in [-0.1, -0.05) is 54.1 Å². The van der Waals surface area contributed by atoms with E-state index in [1.54, 1.807) is 18.2 Å². The van der Waals surface area contributed by atoms with Crippen molar-refractivity contribution in [1.29, 1.82) is 0 Å². The van der Waals surface area contributed by atoms with Crippen LogP contribution in [0.5, 0.6) is 0 Å². The van der Waals surface area contributed by atoms with E-state index in [0.717, 1.165) is 37.2 Å². The number of nitrogens with one attached hydrogen (secondary N) is 2. The maximum absolute atomic E-state index is 13.0. The fourth-order valence-electron chi connectivity index (χ4n) is 4.05. The molecule has 1 heterocycles. The third-order valence-corrected chi connectivity index (χ3v) is 7.30. The Labute approximate surface area is 195 Å². The molecule has 3 aromatic rings. The topological polar surface area (TPSA) is 78.5 Å². The SMILES string of the molecule is Cc1ccc(NS(=O)(=O)c2ccc(C)c(C(=O)N[C@H]3CCN(Cc4ccccc4)C3)c2)cc1. The third-order valence-electron chi connectivity index (χ3n) is 5.92. The van der Waals surface area contributed by atoms with E-state index >= 15 is 0 Å². The Morgan fingerprint density at radius 3 is 2.45 bits per heavy atom. The number of carbonyl (C=O) groups is 1. The molecule has 0 aromatic heterocycles. The number of amides is 1. The lowest BCUT2D eigenvalue weighted by atomic mass is 10.1. The molecule has 1 amide bonds. The second kappa shape index (κ2) is 9.77. The molecule has 1 fully saturated rings. The smallest absolute Gasteiger partial charge is 0.261 e. The van der Waals surface area contributed by atoms with Crippen LogP contribution in [0.15, 0.2) is 77.7 Å². The van der Waals surface area contributed by atoms with Crippen molar-refractivity contribution in [3.8, 4) is 0 Å². The Morgan fingerprint density at radius 1 is 1.00 bits per heavy atom. The molecule has 0 aliphatic carbocycles. The molecule has 3 aromatic carbocycles. The maximum Gasteiger partial charge on any atom is 0.261 e. The van der Waals surface area contributed by atoms with Gasteiger partial charge in [-0.05, 0) is 55.7 Å². The molecule has 0 spiro atoms. The van der Waals surface area contributed by atoms with Gasteiger partial charge in [-0.2, -0.15) is 0 Å². The predicted octanol–water partition coefficient (Wildman–Crippen LogP) is 4.11. The van der Waals surface area contributed by atoms with Crippen LogP contribution >= 0.6 is 0 Å². The number of benzene rings is 3. The first-order valence-electron chi connectivity index (χ1n) is 11.1. The van der Waals surface area contributed by atoms with Gasteiger partial charge in [0.25, 0.3) is 15.9 Å². The van der Waals surface area contributed by atoms with Crippen molar-refractivity contribution in [2.45, 2.75) is 37.8 Å². The molecule has 1 atom stereocenters. The Bertz CT molecular complexity index is 1230. The number of anilines is 1. The monoisotopic (exact) mass is 463 g/mol. The molecule has 7 heteroatoms. The van der Waals surface area contributed by atoms with E-state index in [4.69, 9.17) is 0 Å². The van der Waals surface area contributed by atoms with E-state index in [2.05, 4.69) is 27.1 Å². The summed E-state index contributed by atoms with van der Waals surface area (Å²) in [6, 6.07) is 22.1. The van der Waals surface area contributed by atoms with Crippen LogP contribution in [0, 0.1) is 13.8 Å². The minimum Gasteiger partial charge on any atom is -0.348 e. The zero-order valence-electron chi connectivity index (χ0n) is 18.9. The quantitative estimate of drug-likeness (QED) is 0.553. The average Bonchev–Trinajstić information content (AvgIpc) is 3.22. The molecule has 0 unspecified atom stereocenters. The van der Waals surface area contributed by atoms with E-state index in [1.165, 1.54) is 17.7 Å². The van der Waals surface area contributed by atoms with E-state index in [9.17, 15) is 13.2 Å². The number of hydrogen-bond acceptors (Lipinski definition) is 4. The molecule has 0 bridgehead atoms. The molecule has 4 rings (SSSR count). The summed E-state index contributed by atoms with van der Waals surface area (Å²) in [6.07, 6.45) is 0.866. The molecular weight excluding hydrogens is 434 g/mol. The third kappa shape index (κ3) is 5.80. The van der Waals surface area contributed by atoms with Crippen molar-refractivity contribution >= 4 is 21.6 Å². The minimum atomic E-state index is -3.81. The molecular formula is C26H29N3O3S. The van der Waals surface area contributed by atoms with Gasteiger partial charge in [0.05, 0.1) is 4.90 Å². The van der Waals surface area contributed by atoms with Crippen LogP contribution in [0.4, 0.5) is 5.69 Å². The Morgan fingerprint density at radius 2 is 1.73 bits per heavy atom. The fraction of sp³-hybridized carbons (Fsp3) is 0.269. The van der Waals surface area contributed by atoms with Gasteiger partial charge in [-0.3, -0.25) is 14.4 Å². The largest absolute Gasteiger partial charge is 0.348 e. The number of sulfonamides is 1. The average molecular weight is 464 g/mol. The van der Waals surface area contributed by atoms with Crippen molar-refractivity contribution in [3.63, 3.8) is 0 Å². The van der Waals surface area contributed by atoms with E-state index in [1.807, 2.05) is 44.2 Å². The molecule has 0 saturated carbocycles. The van der Waals surface area contributed by atoms with E-state index < -0.39 is 10.0 Å². The zero-order chi connectivity index (χ0) is 23.4. The standard InChI is InChI=1S/C26H29N3O3S/c1-19-8-11-22(12-9-19)28-33(31,32)24-13-10-20(2)25(16-24)26(30)27-23-14-15-29(18-23)17-21-6-4-3-5-7-21/h3-13,16,23,28H,14-15,17-18H2,1-2H3,(H,27,30)/t23-/m0/s1. The Balaban J connectivity index is 1.43. The Kier molecular flexibility index (Phi) is 6.81. The maximum atomic E-state index is 13.0. The number of aryl methyl sites for hydroxylation is 2. The lowest BCUT2D eigenvalue weighted by molar-refractivity contribution is 0.0937. The predicted molar refractivity (Wildman–Crippen MR) is 131 cm³/mol. The van der Waals surface area contributed by atoms with Crippen molar-refractivity contribution in [2.75, 3.05) is 17.8 Å². The zero-order valence-corrected chi connectivity index (χ0v) is 19.7. The summed E-state index contributed by atoms with van der Waals surface area (Å²) in [4.78, 5) is 15.4. The lowest BCUT2D eigenvalue weighted by Gasteiger charge is -2.17. The minimum absolute atomic E-state index is 0.0339. The van der Waals surface area contributed by atoms with Crippen LogP contribution in [0.25, 0.3) is 0 Å². The number of nitrogens with zero attached hydrogens (tertiary/aromatic N) is 1. The van der Waals surface area contributed by atoms with E-state index in [0.29, 0.717) is 11.3 Å².